The van der Waals surface area contributed by atoms with Gasteiger partial charge in [-0.15, -0.1) is 0 Å². The number of rotatable bonds is 3. The standard InChI is InChI=1S/C9H12N2O2/c1-2-9(10)7-3-5-8(6-4-7)11(12)13/h3-6,9H,2,10H2,1H3. The maximum absolute atomic E-state index is 10.3. The van der Waals surface area contributed by atoms with Crippen LogP contribution in [0.5, 0.6) is 0 Å². The summed E-state index contributed by atoms with van der Waals surface area (Å²) in [7, 11) is 0. The molecule has 0 bridgehead atoms. The molecule has 0 aliphatic heterocycles. The van der Waals surface area contributed by atoms with Crippen LogP contribution in [-0.4, -0.2) is 4.92 Å². The van der Waals surface area contributed by atoms with E-state index < -0.39 is 4.92 Å². The number of nitro benzene ring substituents is 1. The van der Waals surface area contributed by atoms with E-state index in [2.05, 4.69) is 0 Å². The molecule has 70 valence electrons. The molecular formula is C9H12N2O2. The first-order chi connectivity index (χ1) is 6.15. The zero-order valence-electron chi connectivity index (χ0n) is 7.43. The van der Waals surface area contributed by atoms with Gasteiger partial charge >= 0.3 is 0 Å². The Bertz CT molecular complexity index is 295. The predicted molar refractivity (Wildman–Crippen MR) is 50.3 cm³/mol. The molecule has 0 saturated heterocycles. The second kappa shape index (κ2) is 4.00. The zero-order chi connectivity index (χ0) is 9.84. The van der Waals surface area contributed by atoms with Gasteiger partial charge in [0.05, 0.1) is 4.92 Å². The Labute approximate surface area is 76.5 Å². The summed E-state index contributed by atoms with van der Waals surface area (Å²) in [4.78, 5) is 9.91. The molecule has 1 aromatic carbocycles. The smallest absolute Gasteiger partial charge is 0.269 e. The van der Waals surface area contributed by atoms with Gasteiger partial charge in [-0.05, 0) is 12.0 Å². The molecule has 1 unspecified atom stereocenters. The third-order valence-electron chi connectivity index (χ3n) is 1.97. The van der Waals surface area contributed by atoms with Gasteiger partial charge in [0.15, 0.2) is 0 Å². The Hall–Kier alpha value is -1.42. The first-order valence-electron chi connectivity index (χ1n) is 4.15. The Balaban J connectivity index is 2.87. The number of non-ortho nitro benzene ring substituents is 1. The molecule has 1 aromatic rings. The molecule has 4 nitrogen and oxygen atoms in total. The van der Waals surface area contributed by atoms with E-state index >= 15 is 0 Å². The van der Waals surface area contributed by atoms with Crippen LogP contribution in [0.1, 0.15) is 24.9 Å². The summed E-state index contributed by atoms with van der Waals surface area (Å²) in [5.74, 6) is 0. The molecule has 0 spiro atoms. The summed E-state index contributed by atoms with van der Waals surface area (Å²) in [5.41, 5.74) is 6.79. The summed E-state index contributed by atoms with van der Waals surface area (Å²) < 4.78 is 0. The lowest BCUT2D eigenvalue weighted by Gasteiger charge is -2.07. The summed E-state index contributed by atoms with van der Waals surface area (Å²) in [5, 5.41) is 10.3. The van der Waals surface area contributed by atoms with Crippen LogP contribution in [0.4, 0.5) is 5.69 Å². The summed E-state index contributed by atoms with van der Waals surface area (Å²) in [6.45, 7) is 1.98. The molecule has 0 aliphatic carbocycles. The van der Waals surface area contributed by atoms with Gasteiger partial charge in [0, 0.05) is 18.2 Å². The first-order valence-corrected chi connectivity index (χ1v) is 4.15. The van der Waals surface area contributed by atoms with Crippen LogP contribution in [0.25, 0.3) is 0 Å². The van der Waals surface area contributed by atoms with Crippen molar-refractivity contribution in [2.75, 3.05) is 0 Å². The largest absolute Gasteiger partial charge is 0.324 e. The quantitative estimate of drug-likeness (QED) is 0.571. The van der Waals surface area contributed by atoms with Crippen molar-refractivity contribution < 1.29 is 4.92 Å². The topological polar surface area (TPSA) is 69.2 Å². The summed E-state index contributed by atoms with van der Waals surface area (Å²) >= 11 is 0. The SMILES string of the molecule is CCC(N)c1ccc([N+](=O)[O-])cc1. The van der Waals surface area contributed by atoms with Gasteiger partial charge in [-0.2, -0.15) is 0 Å². The van der Waals surface area contributed by atoms with Crippen molar-refractivity contribution in [1.82, 2.24) is 0 Å². The van der Waals surface area contributed by atoms with E-state index in [9.17, 15) is 10.1 Å². The van der Waals surface area contributed by atoms with E-state index in [1.807, 2.05) is 6.92 Å². The van der Waals surface area contributed by atoms with Gasteiger partial charge in [-0.3, -0.25) is 10.1 Å². The predicted octanol–water partition coefficient (Wildman–Crippen LogP) is 2.00. The van der Waals surface area contributed by atoms with Crippen LogP contribution in [0, 0.1) is 10.1 Å². The molecule has 0 radical (unpaired) electrons. The number of nitro groups is 1. The molecule has 1 rings (SSSR count). The highest BCUT2D eigenvalue weighted by Gasteiger charge is 2.06. The Kier molecular flexibility index (Phi) is 2.97. The van der Waals surface area contributed by atoms with E-state index in [1.165, 1.54) is 12.1 Å². The van der Waals surface area contributed by atoms with Gasteiger partial charge < -0.3 is 5.73 Å². The van der Waals surface area contributed by atoms with Crippen LogP contribution >= 0.6 is 0 Å². The van der Waals surface area contributed by atoms with Crippen LogP contribution in [0.2, 0.25) is 0 Å². The van der Waals surface area contributed by atoms with Crippen LogP contribution in [-0.2, 0) is 0 Å². The van der Waals surface area contributed by atoms with E-state index in [0.717, 1.165) is 12.0 Å². The minimum Gasteiger partial charge on any atom is -0.324 e. The molecule has 13 heavy (non-hydrogen) atoms. The number of nitrogens with two attached hydrogens (primary N) is 1. The van der Waals surface area contributed by atoms with Crippen LogP contribution < -0.4 is 5.73 Å². The van der Waals surface area contributed by atoms with Gasteiger partial charge in [-0.25, -0.2) is 0 Å². The highest BCUT2D eigenvalue weighted by molar-refractivity contribution is 5.33. The molecular weight excluding hydrogens is 168 g/mol. The Morgan fingerprint density at radius 1 is 1.46 bits per heavy atom. The van der Waals surface area contributed by atoms with Crippen molar-refractivity contribution in [3.8, 4) is 0 Å². The van der Waals surface area contributed by atoms with Crippen molar-refractivity contribution >= 4 is 5.69 Å². The molecule has 0 aliphatic rings. The fourth-order valence-electron chi connectivity index (χ4n) is 1.08. The molecule has 0 amide bonds. The van der Waals surface area contributed by atoms with E-state index in [1.54, 1.807) is 12.1 Å². The third kappa shape index (κ3) is 2.26. The number of nitrogens with zero attached hydrogens (tertiary/aromatic N) is 1. The molecule has 0 saturated carbocycles. The van der Waals surface area contributed by atoms with Gasteiger partial charge in [0.25, 0.3) is 5.69 Å². The lowest BCUT2D eigenvalue weighted by molar-refractivity contribution is -0.384. The van der Waals surface area contributed by atoms with Gasteiger partial charge in [-0.1, -0.05) is 19.1 Å². The molecule has 4 heteroatoms. The lowest BCUT2D eigenvalue weighted by Crippen LogP contribution is -2.08. The average Bonchev–Trinajstić information content (AvgIpc) is 2.17. The molecule has 0 heterocycles. The van der Waals surface area contributed by atoms with Crippen LogP contribution in [0.3, 0.4) is 0 Å². The van der Waals surface area contributed by atoms with Crippen molar-refractivity contribution in [1.29, 1.82) is 0 Å². The minimum absolute atomic E-state index is 0.0270. The minimum atomic E-state index is -0.415. The van der Waals surface area contributed by atoms with Crippen LogP contribution in [0.15, 0.2) is 24.3 Å². The first kappa shape index (κ1) is 9.67. The van der Waals surface area contributed by atoms with E-state index in [-0.39, 0.29) is 11.7 Å². The summed E-state index contributed by atoms with van der Waals surface area (Å²) in [6.07, 6.45) is 0.831. The lowest BCUT2D eigenvalue weighted by atomic mass is 10.1. The van der Waals surface area contributed by atoms with Gasteiger partial charge in [0.2, 0.25) is 0 Å². The highest BCUT2D eigenvalue weighted by atomic mass is 16.6. The molecule has 0 aromatic heterocycles. The second-order valence-corrected chi connectivity index (χ2v) is 2.86. The maximum atomic E-state index is 10.3. The molecule has 0 fully saturated rings. The molecule has 1 atom stereocenters. The Morgan fingerprint density at radius 2 is 2.00 bits per heavy atom. The van der Waals surface area contributed by atoms with E-state index in [4.69, 9.17) is 5.73 Å². The average molecular weight is 180 g/mol. The highest BCUT2D eigenvalue weighted by Crippen LogP contribution is 2.17. The third-order valence-corrected chi connectivity index (χ3v) is 1.97. The number of hydrogen-bond donors (Lipinski definition) is 1. The number of benzene rings is 1. The molecule has 2 N–H and O–H groups in total. The van der Waals surface area contributed by atoms with Gasteiger partial charge in [0.1, 0.15) is 0 Å². The summed E-state index contributed by atoms with van der Waals surface area (Å²) in [6, 6.07) is 6.33. The second-order valence-electron chi connectivity index (χ2n) is 2.86. The fraction of sp³-hybridized carbons (Fsp3) is 0.333. The van der Waals surface area contributed by atoms with Crippen molar-refractivity contribution in [2.45, 2.75) is 19.4 Å². The van der Waals surface area contributed by atoms with Crippen molar-refractivity contribution in [3.63, 3.8) is 0 Å². The van der Waals surface area contributed by atoms with Crippen molar-refractivity contribution in [2.24, 2.45) is 5.73 Å². The van der Waals surface area contributed by atoms with E-state index in [0.29, 0.717) is 0 Å². The normalized spacial score (nSPS) is 12.5. The zero-order valence-corrected chi connectivity index (χ0v) is 7.43. The Morgan fingerprint density at radius 3 is 2.38 bits per heavy atom. The van der Waals surface area contributed by atoms with Crippen molar-refractivity contribution in [3.05, 3.63) is 39.9 Å². The monoisotopic (exact) mass is 180 g/mol. The fourth-order valence-corrected chi connectivity index (χ4v) is 1.08. The maximum Gasteiger partial charge on any atom is 0.269 e. The number of hydrogen-bond acceptors (Lipinski definition) is 3.